The second-order valence-electron chi connectivity index (χ2n) is 5.28. The molecule has 0 atom stereocenters. The molecule has 0 heterocycles. The molecule has 1 fully saturated rings. The van der Waals surface area contributed by atoms with Crippen molar-refractivity contribution in [2.75, 3.05) is 20.3 Å². The first kappa shape index (κ1) is 15.6. The third-order valence-electron chi connectivity index (χ3n) is 3.18. The number of ether oxygens (including phenoxy) is 2. The van der Waals surface area contributed by atoms with Gasteiger partial charge in [0.05, 0.1) is 6.61 Å². The third-order valence-corrected chi connectivity index (χ3v) is 3.18. The Morgan fingerprint density at radius 2 is 2.14 bits per heavy atom. The van der Waals surface area contributed by atoms with E-state index in [0.717, 1.165) is 30.6 Å². The zero-order chi connectivity index (χ0) is 15.1. The lowest BCUT2D eigenvalue weighted by Gasteiger charge is -2.13. The van der Waals surface area contributed by atoms with Gasteiger partial charge in [-0.3, -0.25) is 4.79 Å². The minimum atomic E-state index is -0.0622. The first-order valence-electron chi connectivity index (χ1n) is 7.55. The van der Waals surface area contributed by atoms with Crippen molar-refractivity contribution in [2.24, 2.45) is 0 Å². The van der Waals surface area contributed by atoms with Gasteiger partial charge in [-0.25, -0.2) is 0 Å². The minimum Gasteiger partial charge on any atom is -0.493 e. The molecule has 2 N–H and O–H groups in total. The van der Waals surface area contributed by atoms with Crippen LogP contribution in [0.2, 0.25) is 0 Å². The van der Waals surface area contributed by atoms with Crippen LogP contribution in [-0.4, -0.2) is 32.2 Å². The lowest BCUT2D eigenvalue weighted by atomic mass is 10.2. The second-order valence-corrected chi connectivity index (χ2v) is 5.28. The van der Waals surface area contributed by atoms with Crippen molar-refractivity contribution in [1.29, 1.82) is 0 Å². The highest BCUT2D eigenvalue weighted by Gasteiger charge is 2.23. The number of hydrogen-bond donors (Lipinski definition) is 2. The van der Waals surface area contributed by atoms with E-state index in [0.29, 0.717) is 24.9 Å². The van der Waals surface area contributed by atoms with E-state index in [1.165, 1.54) is 0 Å². The first-order chi connectivity index (χ1) is 10.2. The summed E-state index contributed by atoms with van der Waals surface area (Å²) in [5, 5.41) is 6.01. The predicted molar refractivity (Wildman–Crippen MR) is 81.7 cm³/mol. The van der Waals surface area contributed by atoms with Crippen LogP contribution in [0.4, 0.5) is 0 Å². The fourth-order valence-electron chi connectivity index (χ4n) is 1.96. The Hall–Kier alpha value is -1.75. The monoisotopic (exact) mass is 292 g/mol. The van der Waals surface area contributed by atoms with Gasteiger partial charge in [-0.05, 0) is 32.4 Å². The van der Waals surface area contributed by atoms with Crippen LogP contribution in [0.3, 0.4) is 0 Å². The molecule has 116 valence electrons. The highest BCUT2D eigenvalue weighted by molar-refractivity contribution is 5.78. The molecule has 0 unspecified atom stereocenters. The van der Waals surface area contributed by atoms with Crippen LogP contribution in [0, 0.1) is 0 Å². The maximum absolute atomic E-state index is 11.7. The Kier molecular flexibility index (Phi) is 5.87. The summed E-state index contributed by atoms with van der Waals surface area (Å²) < 4.78 is 11.3. The van der Waals surface area contributed by atoms with Crippen molar-refractivity contribution < 1.29 is 14.3 Å². The largest absolute Gasteiger partial charge is 0.493 e. The molecule has 0 spiro atoms. The van der Waals surface area contributed by atoms with E-state index in [1.54, 1.807) is 0 Å². The van der Waals surface area contributed by atoms with Gasteiger partial charge in [-0.1, -0.05) is 13.0 Å². The lowest BCUT2D eigenvalue weighted by molar-refractivity contribution is -0.123. The molecule has 1 aliphatic rings. The molecular weight excluding hydrogens is 268 g/mol. The van der Waals surface area contributed by atoms with Crippen molar-refractivity contribution >= 4 is 5.91 Å². The highest BCUT2D eigenvalue weighted by Crippen LogP contribution is 2.25. The Morgan fingerprint density at radius 1 is 1.33 bits per heavy atom. The van der Waals surface area contributed by atoms with Crippen LogP contribution in [-0.2, 0) is 11.3 Å². The van der Waals surface area contributed by atoms with E-state index in [2.05, 4.69) is 17.6 Å². The maximum atomic E-state index is 11.7. The third kappa shape index (κ3) is 5.27. The summed E-state index contributed by atoms with van der Waals surface area (Å²) in [6, 6.07) is 6.11. The number of benzene rings is 1. The smallest absolute Gasteiger partial charge is 0.258 e. The van der Waals surface area contributed by atoms with Crippen LogP contribution >= 0.6 is 0 Å². The summed E-state index contributed by atoms with van der Waals surface area (Å²) >= 11 is 0. The molecule has 21 heavy (non-hydrogen) atoms. The van der Waals surface area contributed by atoms with Crippen molar-refractivity contribution in [3.63, 3.8) is 0 Å². The van der Waals surface area contributed by atoms with Gasteiger partial charge in [-0.15, -0.1) is 0 Å². The number of amides is 1. The standard InChI is InChI=1S/C16H24N2O3/c1-3-8-20-14-7-4-12(10-17-2)15(9-14)21-11-16(19)18-13-5-6-13/h4,7,9,13,17H,3,5-6,8,10-11H2,1-2H3,(H,18,19). The summed E-state index contributed by atoms with van der Waals surface area (Å²) in [5.74, 6) is 1.41. The average Bonchev–Trinajstić information content (AvgIpc) is 3.29. The van der Waals surface area contributed by atoms with Gasteiger partial charge in [0.2, 0.25) is 0 Å². The molecule has 1 aliphatic carbocycles. The van der Waals surface area contributed by atoms with Crippen LogP contribution < -0.4 is 20.1 Å². The predicted octanol–water partition coefficient (Wildman–Crippen LogP) is 1.85. The first-order valence-corrected chi connectivity index (χ1v) is 7.55. The van der Waals surface area contributed by atoms with E-state index in [4.69, 9.17) is 9.47 Å². The molecule has 5 heteroatoms. The zero-order valence-electron chi connectivity index (χ0n) is 12.8. The number of carbonyl (C=O) groups excluding carboxylic acids is 1. The van der Waals surface area contributed by atoms with Crippen LogP contribution in [0.5, 0.6) is 11.5 Å². The summed E-state index contributed by atoms with van der Waals surface area (Å²) in [6.45, 7) is 3.47. The van der Waals surface area contributed by atoms with Crippen molar-refractivity contribution in [3.05, 3.63) is 23.8 Å². The normalized spacial score (nSPS) is 13.8. The Labute approximate surface area is 126 Å². The second kappa shape index (κ2) is 7.88. The Morgan fingerprint density at radius 3 is 2.81 bits per heavy atom. The Bertz CT molecular complexity index is 473. The fourth-order valence-corrected chi connectivity index (χ4v) is 1.96. The molecule has 1 amide bonds. The molecule has 2 rings (SSSR count). The van der Waals surface area contributed by atoms with E-state index in [-0.39, 0.29) is 12.5 Å². The van der Waals surface area contributed by atoms with E-state index >= 15 is 0 Å². The van der Waals surface area contributed by atoms with Gasteiger partial charge in [0, 0.05) is 24.2 Å². The van der Waals surface area contributed by atoms with Crippen LogP contribution in [0.1, 0.15) is 31.7 Å². The van der Waals surface area contributed by atoms with Gasteiger partial charge < -0.3 is 20.1 Å². The molecule has 0 saturated heterocycles. The summed E-state index contributed by atoms with van der Waals surface area (Å²) in [6.07, 6.45) is 3.12. The molecule has 0 aromatic heterocycles. The average molecular weight is 292 g/mol. The molecule has 1 aromatic rings. The van der Waals surface area contributed by atoms with Gasteiger partial charge in [0.15, 0.2) is 6.61 Å². The van der Waals surface area contributed by atoms with E-state index < -0.39 is 0 Å². The summed E-state index contributed by atoms with van der Waals surface area (Å²) in [5.41, 5.74) is 1.01. The van der Waals surface area contributed by atoms with Gasteiger partial charge in [-0.2, -0.15) is 0 Å². The van der Waals surface area contributed by atoms with Gasteiger partial charge >= 0.3 is 0 Å². The van der Waals surface area contributed by atoms with Gasteiger partial charge in [0.1, 0.15) is 11.5 Å². The molecular formula is C16H24N2O3. The molecule has 5 nitrogen and oxygen atoms in total. The number of rotatable bonds is 9. The Balaban J connectivity index is 1.96. The number of carbonyl (C=O) groups is 1. The zero-order valence-corrected chi connectivity index (χ0v) is 12.8. The number of hydrogen-bond acceptors (Lipinski definition) is 4. The lowest BCUT2D eigenvalue weighted by Crippen LogP contribution is -2.30. The van der Waals surface area contributed by atoms with E-state index in [1.807, 2.05) is 25.2 Å². The van der Waals surface area contributed by atoms with Crippen LogP contribution in [0.15, 0.2) is 18.2 Å². The van der Waals surface area contributed by atoms with E-state index in [9.17, 15) is 4.79 Å². The molecule has 0 aliphatic heterocycles. The molecule has 1 saturated carbocycles. The van der Waals surface area contributed by atoms with Crippen molar-refractivity contribution in [2.45, 2.75) is 38.8 Å². The maximum Gasteiger partial charge on any atom is 0.258 e. The van der Waals surface area contributed by atoms with Crippen molar-refractivity contribution in [3.8, 4) is 11.5 Å². The summed E-state index contributed by atoms with van der Waals surface area (Å²) in [7, 11) is 1.88. The number of nitrogens with one attached hydrogen (secondary N) is 2. The quantitative estimate of drug-likeness (QED) is 0.729. The fraction of sp³-hybridized carbons (Fsp3) is 0.562. The van der Waals surface area contributed by atoms with Crippen LogP contribution in [0.25, 0.3) is 0 Å². The van der Waals surface area contributed by atoms with Crippen molar-refractivity contribution in [1.82, 2.24) is 10.6 Å². The SMILES string of the molecule is CCCOc1ccc(CNC)c(OCC(=O)NC2CC2)c1. The topological polar surface area (TPSA) is 59.6 Å². The summed E-state index contributed by atoms with van der Waals surface area (Å²) in [4.78, 5) is 11.7. The minimum absolute atomic E-state index is 0.0461. The van der Waals surface area contributed by atoms with Gasteiger partial charge in [0.25, 0.3) is 5.91 Å². The molecule has 1 aromatic carbocycles. The molecule has 0 bridgehead atoms. The highest BCUT2D eigenvalue weighted by atomic mass is 16.5. The molecule has 0 radical (unpaired) electrons.